The fourth-order valence-electron chi connectivity index (χ4n) is 1.87. The molecule has 0 saturated heterocycles. The zero-order valence-electron chi connectivity index (χ0n) is 12.3. The van der Waals surface area contributed by atoms with Crippen molar-refractivity contribution < 1.29 is 9.84 Å². The van der Waals surface area contributed by atoms with Gasteiger partial charge in [0.25, 0.3) is 0 Å². The number of nitrogens with one attached hydrogen (secondary N) is 1. The van der Waals surface area contributed by atoms with E-state index in [0.29, 0.717) is 6.04 Å². The van der Waals surface area contributed by atoms with Crippen LogP contribution in [0, 0.1) is 0 Å². The van der Waals surface area contributed by atoms with Gasteiger partial charge in [0.15, 0.2) is 0 Å². The molecule has 0 amide bonds. The second-order valence-corrected chi connectivity index (χ2v) is 6.11. The van der Waals surface area contributed by atoms with Gasteiger partial charge in [0, 0.05) is 22.6 Å². The van der Waals surface area contributed by atoms with Crippen LogP contribution in [0.2, 0.25) is 0 Å². The predicted octanol–water partition coefficient (Wildman–Crippen LogP) is 4.23. The summed E-state index contributed by atoms with van der Waals surface area (Å²) in [6.07, 6.45) is 0. The minimum Gasteiger partial charge on any atom is -0.457 e. The molecule has 2 aromatic rings. The van der Waals surface area contributed by atoms with E-state index in [-0.39, 0.29) is 6.61 Å². The highest BCUT2D eigenvalue weighted by atomic mass is 79.9. The third-order valence-electron chi connectivity index (χ3n) is 3.06. The number of hydrogen-bond donors (Lipinski definition) is 2. The van der Waals surface area contributed by atoms with Crippen LogP contribution in [0.1, 0.15) is 25.0 Å². The van der Waals surface area contributed by atoms with Gasteiger partial charge >= 0.3 is 0 Å². The molecular weight excluding hydrogens is 330 g/mol. The number of rotatable bonds is 6. The molecule has 2 rings (SSSR count). The number of halogens is 1. The predicted molar refractivity (Wildman–Crippen MR) is 88.6 cm³/mol. The van der Waals surface area contributed by atoms with E-state index in [1.54, 1.807) is 0 Å². The van der Waals surface area contributed by atoms with Crippen molar-refractivity contribution in [1.82, 2.24) is 5.32 Å². The third kappa shape index (κ3) is 4.84. The average molecular weight is 350 g/mol. The Bertz CT molecular complexity index is 582. The molecule has 0 atom stereocenters. The maximum atomic E-state index is 9.07. The summed E-state index contributed by atoms with van der Waals surface area (Å²) in [6.45, 7) is 5.04. The molecule has 2 N–H and O–H groups in total. The van der Waals surface area contributed by atoms with E-state index in [0.717, 1.165) is 33.6 Å². The molecule has 0 fully saturated rings. The zero-order valence-corrected chi connectivity index (χ0v) is 13.9. The fourth-order valence-corrected chi connectivity index (χ4v) is 2.21. The van der Waals surface area contributed by atoms with Crippen molar-refractivity contribution in [2.75, 3.05) is 0 Å². The Balaban J connectivity index is 2.18. The quantitative estimate of drug-likeness (QED) is 0.819. The topological polar surface area (TPSA) is 41.5 Å². The SMILES string of the molecule is CC(C)NCc1ccc(Br)cc1Oc1ccc(CO)cc1. The summed E-state index contributed by atoms with van der Waals surface area (Å²) in [5, 5.41) is 12.5. The molecule has 0 spiro atoms. The molecule has 0 aliphatic heterocycles. The summed E-state index contributed by atoms with van der Waals surface area (Å²) >= 11 is 3.48. The van der Waals surface area contributed by atoms with Gasteiger partial charge in [-0.15, -0.1) is 0 Å². The van der Waals surface area contributed by atoms with Gasteiger partial charge in [-0.05, 0) is 29.8 Å². The number of benzene rings is 2. The van der Waals surface area contributed by atoms with E-state index in [1.165, 1.54) is 0 Å². The number of aliphatic hydroxyl groups is 1. The van der Waals surface area contributed by atoms with Crippen LogP contribution in [-0.4, -0.2) is 11.1 Å². The Hall–Kier alpha value is -1.36. The van der Waals surface area contributed by atoms with Gasteiger partial charge in [0.1, 0.15) is 11.5 Å². The second-order valence-electron chi connectivity index (χ2n) is 5.19. The van der Waals surface area contributed by atoms with Crippen molar-refractivity contribution in [2.24, 2.45) is 0 Å². The molecule has 4 heteroatoms. The third-order valence-corrected chi connectivity index (χ3v) is 3.56. The molecule has 0 saturated carbocycles. The minimum atomic E-state index is 0.0424. The Morgan fingerprint density at radius 1 is 1.14 bits per heavy atom. The molecule has 0 unspecified atom stereocenters. The molecule has 0 heterocycles. The van der Waals surface area contributed by atoms with E-state index in [1.807, 2.05) is 36.4 Å². The standard InChI is InChI=1S/C17H20BrNO2/c1-12(2)19-10-14-5-6-15(18)9-17(14)21-16-7-3-13(11-20)4-8-16/h3-9,12,19-20H,10-11H2,1-2H3. The molecule has 0 bridgehead atoms. The molecular formula is C17H20BrNO2. The van der Waals surface area contributed by atoms with E-state index < -0.39 is 0 Å². The van der Waals surface area contributed by atoms with Crippen LogP contribution < -0.4 is 10.1 Å². The van der Waals surface area contributed by atoms with Crippen LogP contribution >= 0.6 is 15.9 Å². The zero-order chi connectivity index (χ0) is 15.2. The highest BCUT2D eigenvalue weighted by Gasteiger charge is 2.07. The van der Waals surface area contributed by atoms with Crippen LogP contribution in [0.3, 0.4) is 0 Å². The van der Waals surface area contributed by atoms with Gasteiger partial charge in [0.2, 0.25) is 0 Å². The van der Waals surface area contributed by atoms with Crippen LogP contribution in [0.4, 0.5) is 0 Å². The van der Waals surface area contributed by atoms with Gasteiger partial charge in [-0.2, -0.15) is 0 Å². The normalized spacial score (nSPS) is 10.9. The van der Waals surface area contributed by atoms with Crippen LogP contribution in [0.5, 0.6) is 11.5 Å². The van der Waals surface area contributed by atoms with Crippen molar-refractivity contribution in [1.29, 1.82) is 0 Å². The molecule has 0 radical (unpaired) electrons. The Morgan fingerprint density at radius 2 is 1.86 bits per heavy atom. The Kier molecular flexibility index (Phi) is 5.79. The lowest BCUT2D eigenvalue weighted by Crippen LogP contribution is -2.22. The van der Waals surface area contributed by atoms with Gasteiger partial charge in [0.05, 0.1) is 6.61 Å². The molecule has 21 heavy (non-hydrogen) atoms. The summed E-state index contributed by atoms with van der Waals surface area (Å²) in [5.74, 6) is 1.59. The first-order valence-corrected chi connectivity index (χ1v) is 7.77. The average Bonchev–Trinajstić information content (AvgIpc) is 2.47. The van der Waals surface area contributed by atoms with E-state index in [9.17, 15) is 0 Å². The molecule has 2 aromatic carbocycles. The monoisotopic (exact) mass is 349 g/mol. The molecule has 0 aliphatic rings. The lowest BCUT2D eigenvalue weighted by molar-refractivity contribution is 0.281. The van der Waals surface area contributed by atoms with Crippen molar-refractivity contribution in [2.45, 2.75) is 33.0 Å². The van der Waals surface area contributed by atoms with Crippen LogP contribution in [0.15, 0.2) is 46.9 Å². The Morgan fingerprint density at radius 3 is 2.48 bits per heavy atom. The summed E-state index contributed by atoms with van der Waals surface area (Å²) in [7, 11) is 0. The van der Waals surface area contributed by atoms with Crippen molar-refractivity contribution >= 4 is 15.9 Å². The van der Waals surface area contributed by atoms with Gasteiger partial charge in [-0.25, -0.2) is 0 Å². The number of hydrogen-bond acceptors (Lipinski definition) is 3. The van der Waals surface area contributed by atoms with Crippen LogP contribution in [0.25, 0.3) is 0 Å². The number of aliphatic hydroxyl groups excluding tert-OH is 1. The van der Waals surface area contributed by atoms with Gasteiger partial charge in [-0.1, -0.05) is 48.0 Å². The Labute approximate surface area is 134 Å². The summed E-state index contributed by atoms with van der Waals surface area (Å²) in [4.78, 5) is 0. The lowest BCUT2D eigenvalue weighted by atomic mass is 10.2. The molecule has 3 nitrogen and oxygen atoms in total. The highest BCUT2D eigenvalue weighted by Crippen LogP contribution is 2.29. The van der Waals surface area contributed by atoms with Crippen molar-refractivity contribution in [3.63, 3.8) is 0 Å². The first-order chi connectivity index (χ1) is 10.1. The fraction of sp³-hybridized carbons (Fsp3) is 0.294. The first kappa shape index (κ1) is 16.0. The summed E-state index contributed by atoms with van der Waals surface area (Å²) < 4.78 is 6.95. The maximum absolute atomic E-state index is 9.07. The van der Waals surface area contributed by atoms with Gasteiger partial charge in [-0.3, -0.25) is 0 Å². The first-order valence-electron chi connectivity index (χ1n) is 6.98. The minimum absolute atomic E-state index is 0.0424. The second kappa shape index (κ2) is 7.59. The van der Waals surface area contributed by atoms with E-state index >= 15 is 0 Å². The molecule has 0 aliphatic carbocycles. The van der Waals surface area contributed by atoms with Crippen molar-refractivity contribution in [3.8, 4) is 11.5 Å². The largest absolute Gasteiger partial charge is 0.457 e. The lowest BCUT2D eigenvalue weighted by Gasteiger charge is -2.14. The summed E-state index contributed by atoms with van der Waals surface area (Å²) in [5.41, 5.74) is 1.98. The molecule has 112 valence electrons. The summed E-state index contributed by atoms with van der Waals surface area (Å²) in [6, 6.07) is 13.9. The number of ether oxygens (including phenoxy) is 1. The smallest absolute Gasteiger partial charge is 0.133 e. The van der Waals surface area contributed by atoms with Gasteiger partial charge < -0.3 is 15.2 Å². The van der Waals surface area contributed by atoms with Crippen molar-refractivity contribution in [3.05, 3.63) is 58.1 Å². The molecule has 0 aromatic heterocycles. The van der Waals surface area contributed by atoms with Crippen LogP contribution in [-0.2, 0) is 13.2 Å². The highest BCUT2D eigenvalue weighted by molar-refractivity contribution is 9.10. The van der Waals surface area contributed by atoms with E-state index in [2.05, 4.69) is 41.2 Å². The van der Waals surface area contributed by atoms with E-state index in [4.69, 9.17) is 9.84 Å². The maximum Gasteiger partial charge on any atom is 0.133 e.